The number of hydrogen-bond donors (Lipinski definition) is 2. The van der Waals surface area contributed by atoms with Gasteiger partial charge in [0.25, 0.3) is 5.91 Å². The van der Waals surface area contributed by atoms with Gasteiger partial charge >= 0.3 is 0 Å². The molecule has 4 aromatic rings. The van der Waals surface area contributed by atoms with E-state index in [0.29, 0.717) is 17.8 Å². The summed E-state index contributed by atoms with van der Waals surface area (Å²) in [7, 11) is 0. The number of benzene rings is 1. The number of carbonyl (C=O) groups excluding carboxylic acids is 1. The summed E-state index contributed by atoms with van der Waals surface area (Å²) in [4.78, 5) is 20.0. The zero-order valence-corrected chi connectivity index (χ0v) is 14.7. The maximum Gasteiger partial charge on any atom is 0.255 e. The minimum absolute atomic E-state index is 0.204. The van der Waals surface area contributed by atoms with E-state index in [2.05, 4.69) is 25.5 Å². The molecule has 4 rings (SSSR count). The Bertz CT molecular complexity index is 1080. The molecule has 8 heteroatoms. The molecule has 3 heterocycles. The van der Waals surface area contributed by atoms with Gasteiger partial charge < -0.3 is 14.8 Å². The molecule has 0 aliphatic heterocycles. The summed E-state index contributed by atoms with van der Waals surface area (Å²) in [5, 5.41) is 11.1. The number of nitrogens with one attached hydrogen (secondary N) is 2. The molecule has 0 spiro atoms. The van der Waals surface area contributed by atoms with Crippen molar-refractivity contribution in [2.45, 2.75) is 27.3 Å². The van der Waals surface area contributed by atoms with Crippen LogP contribution in [0.25, 0.3) is 11.0 Å². The minimum atomic E-state index is -0.204. The first-order chi connectivity index (χ1) is 12.5. The highest BCUT2D eigenvalue weighted by atomic mass is 16.5. The predicted molar refractivity (Wildman–Crippen MR) is 96.1 cm³/mol. The Morgan fingerprint density at radius 3 is 2.92 bits per heavy atom. The number of fused-ring (bicyclic) bond motifs is 1. The van der Waals surface area contributed by atoms with Crippen LogP contribution in [-0.4, -0.2) is 30.8 Å². The third-order valence-electron chi connectivity index (χ3n) is 4.26. The van der Waals surface area contributed by atoms with Gasteiger partial charge in [0.15, 0.2) is 0 Å². The fourth-order valence-corrected chi connectivity index (χ4v) is 2.88. The van der Waals surface area contributed by atoms with Crippen LogP contribution in [0.15, 0.2) is 35.1 Å². The van der Waals surface area contributed by atoms with Crippen LogP contribution in [0.3, 0.4) is 0 Å². The van der Waals surface area contributed by atoms with Gasteiger partial charge in [0.05, 0.1) is 35.2 Å². The highest BCUT2D eigenvalue weighted by Crippen LogP contribution is 2.17. The molecule has 132 valence electrons. The number of rotatable bonds is 4. The number of aromatic nitrogens is 5. The number of nitrogens with zero attached hydrogens (tertiary/aromatic N) is 4. The lowest BCUT2D eigenvalue weighted by Gasteiger charge is -2.03. The molecule has 0 saturated heterocycles. The maximum absolute atomic E-state index is 12.5. The van der Waals surface area contributed by atoms with Crippen molar-refractivity contribution in [1.29, 1.82) is 0 Å². The van der Waals surface area contributed by atoms with Crippen molar-refractivity contribution in [3.63, 3.8) is 0 Å². The van der Waals surface area contributed by atoms with E-state index in [1.54, 1.807) is 29.2 Å². The Hall–Kier alpha value is -3.42. The number of amides is 1. The largest absolute Gasteiger partial charge is 0.361 e. The predicted octanol–water partition coefficient (Wildman–Crippen LogP) is 2.97. The van der Waals surface area contributed by atoms with Crippen molar-refractivity contribution in [1.82, 2.24) is 24.9 Å². The van der Waals surface area contributed by atoms with Gasteiger partial charge in [-0.15, -0.1) is 0 Å². The smallest absolute Gasteiger partial charge is 0.255 e. The van der Waals surface area contributed by atoms with Crippen molar-refractivity contribution in [3.8, 4) is 0 Å². The number of aryl methyl sites for hydroxylation is 3. The van der Waals surface area contributed by atoms with Crippen LogP contribution in [0.4, 0.5) is 5.69 Å². The van der Waals surface area contributed by atoms with E-state index >= 15 is 0 Å². The normalized spacial score (nSPS) is 11.2. The lowest BCUT2D eigenvalue weighted by Crippen LogP contribution is -2.11. The molecular weight excluding hydrogens is 332 g/mol. The summed E-state index contributed by atoms with van der Waals surface area (Å²) in [6, 6.07) is 5.39. The molecule has 0 unspecified atom stereocenters. The quantitative estimate of drug-likeness (QED) is 0.589. The second-order valence-corrected chi connectivity index (χ2v) is 6.24. The van der Waals surface area contributed by atoms with Crippen molar-refractivity contribution >= 4 is 22.6 Å². The van der Waals surface area contributed by atoms with Crippen molar-refractivity contribution in [3.05, 3.63) is 59.0 Å². The third-order valence-corrected chi connectivity index (χ3v) is 4.26. The van der Waals surface area contributed by atoms with Crippen molar-refractivity contribution < 1.29 is 9.32 Å². The molecule has 0 aliphatic rings. The van der Waals surface area contributed by atoms with E-state index in [1.807, 2.05) is 26.8 Å². The molecule has 3 aromatic heterocycles. The van der Waals surface area contributed by atoms with Crippen LogP contribution >= 0.6 is 0 Å². The SMILES string of the molecule is Cc1nc2cc(C(=O)Nc3cnn(Cc4c(C)noc4C)c3)ccc2[nH]1. The van der Waals surface area contributed by atoms with E-state index in [1.165, 1.54) is 0 Å². The fourth-order valence-electron chi connectivity index (χ4n) is 2.88. The Labute approximate surface area is 149 Å². The lowest BCUT2D eigenvalue weighted by molar-refractivity contribution is 0.102. The summed E-state index contributed by atoms with van der Waals surface area (Å²) >= 11 is 0. The fraction of sp³-hybridized carbons (Fsp3) is 0.222. The summed E-state index contributed by atoms with van der Waals surface area (Å²) in [5.74, 6) is 1.38. The molecule has 0 radical (unpaired) electrons. The molecule has 0 aliphatic carbocycles. The first-order valence-electron chi connectivity index (χ1n) is 8.21. The number of carbonyl (C=O) groups is 1. The van der Waals surface area contributed by atoms with Gasteiger partial charge in [-0.2, -0.15) is 5.10 Å². The number of anilines is 1. The molecule has 1 amide bonds. The second-order valence-electron chi connectivity index (χ2n) is 6.24. The minimum Gasteiger partial charge on any atom is -0.361 e. The summed E-state index contributed by atoms with van der Waals surface area (Å²) in [6.45, 7) is 6.18. The van der Waals surface area contributed by atoms with Crippen LogP contribution in [0.2, 0.25) is 0 Å². The Morgan fingerprint density at radius 2 is 2.15 bits per heavy atom. The van der Waals surface area contributed by atoms with Gasteiger partial charge in [0, 0.05) is 17.3 Å². The van der Waals surface area contributed by atoms with Crippen LogP contribution in [-0.2, 0) is 6.54 Å². The van der Waals surface area contributed by atoms with Crippen LogP contribution in [0, 0.1) is 20.8 Å². The van der Waals surface area contributed by atoms with Crippen molar-refractivity contribution in [2.24, 2.45) is 0 Å². The number of imidazole rings is 1. The first kappa shape index (κ1) is 16.1. The van der Waals surface area contributed by atoms with E-state index in [4.69, 9.17) is 4.52 Å². The summed E-state index contributed by atoms with van der Waals surface area (Å²) in [5.41, 5.74) is 4.68. The Kier molecular flexibility index (Phi) is 3.80. The van der Waals surface area contributed by atoms with Crippen LogP contribution in [0.1, 0.15) is 33.2 Å². The highest BCUT2D eigenvalue weighted by Gasteiger charge is 2.12. The van der Waals surface area contributed by atoms with E-state index < -0.39 is 0 Å². The molecule has 0 fully saturated rings. The molecule has 8 nitrogen and oxygen atoms in total. The van der Waals surface area contributed by atoms with Gasteiger partial charge in [0.2, 0.25) is 0 Å². The van der Waals surface area contributed by atoms with Gasteiger partial charge in [-0.05, 0) is 39.0 Å². The molecule has 0 saturated carbocycles. The van der Waals surface area contributed by atoms with E-state index in [9.17, 15) is 4.79 Å². The molecule has 0 bridgehead atoms. The number of aromatic amines is 1. The topological polar surface area (TPSA) is 102 Å². The Balaban J connectivity index is 1.50. The summed E-state index contributed by atoms with van der Waals surface area (Å²) in [6.07, 6.45) is 3.40. The first-order valence-corrected chi connectivity index (χ1v) is 8.21. The van der Waals surface area contributed by atoms with Gasteiger partial charge in [-0.3, -0.25) is 9.48 Å². The third kappa shape index (κ3) is 2.97. The van der Waals surface area contributed by atoms with E-state index in [-0.39, 0.29) is 5.91 Å². The van der Waals surface area contributed by atoms with Crippen LogP contribution in [0.5, 0.6) is 0 Å². The molecular formula is C18H18N6O2. The standard InChI is InChI=1S/C18H18N6O2/c1-10-15(11(2)26-23-10)9-24-8-14(7-19-24)22-18(25)13-4-5-16-17(6-13)21-12(3)20-16/h4-8H,9H2,1-3H3,(H,20,21)(H,22,25). The van der Waals surface area contributed by atoms with Crippen molar-refractivity contribution in [2.75, 3.05) is 5.32 Å². The monoisotopic (exact) mass is 350 g/mol. The van der Waals surface area contributed by atoms with Gasteiger partial charge in [-0.1, -0.05) is 5.16 Å². The maximum atomic E-state index is 12.5. The highest BCUT2D eigenvalue weighted by molar-refractivity contribution is 6.05. The molecule has 0 atom stereocenters. The molecule has 26 heavy (non-hydrogen) atoms. The zero-order valence-electron chi connectivity index (χ0n) is 14.7. The van der Waals surface area contributed by atoms with E-state index in [0.717, 1.165) is 33.9 Å². The average molecular weight is 350 g/mol. The van der Waals surface area contributed by atoms with Gasteiger partial charge in [-0.25, -0.2) is 4.98 Å². The Morgan fingerprint density at radius 1 is 1.31 bits per heavy atom. The molecule has 1 aromatic carbocycles. The summed E-state index contributed by atoms with van der Waals surface area (Å²) < 4.78 is 6.90. The lowest BCUT2D eigenvalue weighted by atomic mass is 10.2. The second kappa shape index (κ2) is 6.14. The molecule has 2 N–H and O–H groups in total. The average Bonchev–Trinajstić information content (AvgIpc) is 3.28. The zero-order chi connectivity index (χ0) is 18.3. The van der Waals surface area contributed by atoms with Gasteiger partial charge in [0.1, 0.15) is 11.6 Å². The number of hydrogen-bond acceptors (Lipinski definition) is 5. The number of H-pyrrole nitrogens is 1. The van der Waals surface area contributed by atoms with Crippen LogP contribution < -0.4 is 5.32 Å².